The van der Waals surface area contributed by atoms with Gasteiger partial charge in [-0.1, -0.05) is 0 Å². The minimum absolute atomic E-state index is 0.106. The molecule has 0 fully saturated rings. The van der Waals surface area contributed by atoms with E-state index in [1.54, 1.807) is 6.21 Å². The number of aromatic nitrogens is 1. The number of nitrogens with two attached hydrogens (primary N) is 1. The van der Waals surface area contributed by atoms with Crippen LogP contribution in [0.25, 0.3) is 5.88 Å². The predicted molar refractivity (Wildman–Crippen MR) is 89.2 cm³/mol. The normalized spacial score (nSPS) is 10.9. The van der Waals surface area contributed by atoms with Crippen molar-refractivity contribution in [2.45, 2.75) is 27.7 Å². The maximum Gasteiger partial charge on any atom is 0.222 e. The Kier molecular flexibility index (Phi) is 4.33. The summed E-state index contributed by atoms with van der Waals surface area (Å²) in [6, 6.07) is 4.16. The summed E-state index contributed by atoms with van der Waals surface area (Å²) in [4.78, 5) is 0. The molecule has 0 radical (unpaired) electrons. The van der Waals surface area contributed by atoms with Gasteiger partial charge in [-0.2, -0.15) is 10.4 Å². The van der Waals surface area contributed by atoms with Gasteiger partial charge in [0.1, 0.15) is 17.4 Å². The zero-order valence-corrected chi connectivity index (χ0v) is 13.7. The molecule has 0 amide bonds. The fraction of sp³-hybridized carbons (Fsp3) is 0.267. The molecule has 2 aromatic heterocycles. The third kappa shape index (κ3) is 2.73. The molecule has 114 valence electrons. The Hall–Kier alpha value is -2.59. The Morgan fingerprint density at radius 2 is 2.14 bits per heavy atom. The fourth-order valence-electron chi connectivity index (χ4n) is 2.29. The molecule has 2 heterocycles. The van der Waals surface area contributed by atoms with Crippen molar-refractivity contribution in [1.82, 2.24) is 9.99 Å². The molecule has 0 aliphatic carbocycles. The maximum atomic E-state index is 9.38. The van der Waals surface area contributed by atoms with Gasteiger partial charge in [-0.25, -0.2) is 0 Å². The van der Waals surface area contributed by atoms with Crippen LogP contribution < -0.4 is 11.2 Å². The predicted octanol–water partition coefficient (Wildman–Crippen LogP) is 2.34. The van der Waals surface area contributed by atoms with Crippen LogP contribution in [-0.2, 0) is 0 Å². The lowest BCUT2D eigenvalue weighted by atomic mass is 10.2. The number of nitriles is 1. The molecule has 2 rings (SSSR count). The van der Waals surface area contributed by atoms with Gasteiger partial charge in [0, 0.05) is 22.5 Å². The van der Waals surface area contributed by atoms with Crippen LogP contribution in [0.15, 0.2) is 15.6 Å². The molecule has 3 N–H and O–H groups in total. The van der Waals surface area contributed by atoms with Crippen LogP contribution in [0.3, 0.4) is 0 Å². The topological polar surface area (TPSA) is 92.3 Å². The van der Waals surface area contributed by atoms with Gasteiger partial charge in [-0.3, -0.25) is 9.99 Å². The van der Waals surface area contributed by atoms with Crippen LogP contribution in [0.5, 0.6) is 0 Å². The fourth-order valence-corrected chi connectivity index (χ4v) is 2.35. The maximum absolute atomic E-state index is 9.38. The van der Waals surface area contributed by atoms with Gasteiger partial charge in [0.15, 0.2) is 5.11 Å². The van der Waals surface area contributed by atoms with E-state index in [0.717, 1.165) is 28.3 Å². The molecule has 22 heavy (non-hydrogen) atoms. The highest BCUT2D eigenvalue weighted by atomic mass is 32.1. The minimum atomic E-state index is 0.106. The monoisotopic (exact) mass is 315 g/mol. The van der Waals surface area contributed by atoms with Crippen LogP contribution in [0, 0.1) is 39.0 Å². The highest BCUT2D eigenvalue weighted by Crippen LogP contribution is 2.28. The third-order valence-corrected chi connectivity index (χ3v) is 3.62. The molecule has 0 saturated carbocycles. The lowest BCUT2D eigenvalue weighted by molar-refractivity contribution is 0.503. The summed E-state index contributed by atoms with van der Waals surface area (Å²) >= 11 is 4.70. The van der Waals surface area contributed by atoms with E-state index in [2.05, 4.69) is 16.6 Å². The van der Waals surface area contributed by atoms with Crippen LogP contribution >= 0.6 is 12.2 Å². The summed E-state index contributed by atoms with van der Waals surface area (Å²) < 4.78 is 7.68. The molecular formula is C15H17N5OS. The lowest BCUT2D eigenvalue weighted by Crippen LogP contribution is -2.24. The van der Waals surface area contributed by atoms with Crippen molar-refractivity contribution in [2.75, 3.05) is 0 Å². The van der Waals surface area contributed by atoms with Crippen LogP contribution in [0.1, 0.15) is 33.8 Å². The van der Waals surface area contributed by atoms with Gasteiger partial charge in [-0.15, -0.1) is 0 Å². The standard InChI is InChI=1S/C15H17N5OS/c1-8-5-12(7-18-19-15(17)22)10(3)20(8)14-13(6-16)9(2)11(4)21-14/h5,7H,1-4H3,(H3,17,19,22)/b18-7-. The van der Waals surface area contributed by atoms with E-state index in [1.807, 2.05) is 38.3 Å². The smallest absolute Gasteiger partial charge is 0.222 e. The number of thiocarbonyl (C=S) groups is 1. The number of hydrazone groups is 1. The summed E-state index contributed by atoms with van der Waals surface area (Å²) in [5.74, 6) is 1.28. The van der Waals surface area contributed by atoms with Crippen molar-refractivity contribution in [1.29, 1.82) is 5.26 Å². The number of nitrogens with zero attached hydrogens (tertiary/aromatic N) is 3. The highest BCUT2D eigenvalue weighted by molar-refractivity contribution is 7.80. The van der Waals surface area contributed by atoms with E-state index >= 15 is 0 Å². The van der Waals surface area contributed by atoms with Crippen molar-refractivity contribution in [3.63, 3.8) is 0 Å². The van der Waals surface area contributed by atoms with Gasteiger partial charge >= 0.3 is 0 Å². The second kappa shape index (κ2) is 6.03. The Morgan fingerprint density at radius 3 is 2.73 bits per heavy atom. The quantitative estimate of drug-likeness (QED) is 0.515. The molecule has 7 heteroatoms. The Balaban J connectivity index is 2.52. The van der Waals surface area contributed by atoms with Crippen LogP contribution in [-0.4, -0.2) is 15.9 Å². The Labute approximate surface area is 134 Å². The van der Waals surface area contributed by atoms with Crippen molar-refractivity contribution in [3.05, 3.63) is 39.9 Å². The summed E-state index contributed by atoms with van der Waals surface area (Å²) in [6.45, 7) is 7.61. The van der Waals surface area contributed by atoms with Crippen LogP contribution in [0.4, 0.5) is 0 Å². The van der Waals surface area contributed by atoms with Gasteiger partial charge in [-0.05, 0) is 46.0 Å². The molecule has 0 bridgehead atoms. The molecule has 0 aromatic carbocycles. The van der Waals surface area contributed by atoms with Crippen molar-refractivity contribution >= 4 is 23.5 Å². The second-order valence-corrected chi connectivity index (χ2v) is 5.41. The molecule has 0 aliphatic heterocycles. The lowest BCUT2D eigenvalue weighted by Gasteiger charge is -2.06. The molecule has 0 spiro atoms. The first-order chi connectivity index (χ1) is 10.4. The Bertz CT molecular complexity index is 807. The van der Waals surface area contributed by atoms with Crippen molar-refractivity contribution in [2.24, 2.45) is 10.8 Å². The highest BCUT2D eigenvalue weighted by Gasteiger charge is 2.20. The average Bonchev–Trinajstić information content (AvgIpc) is 2.87. The SMILES string of the molecule is Cc1oc(-n2c(C)cc(/C=N\NC(N)=S)c2C)c(C#N)c1C. The van der Waals surface area contributed by atoms with E-state index in [1.165, 1.54) is 0 Å². The van der Waals surface area contributed by atoms with Gasteiger partial charge in [0.2, 0.25) is 5.88 Å². The summed E-state index contributed by atoms with van der Waals surface area (Å²) in [5.41, 5.74) is 12.0. The van der Waals surface area contributed by atoms with Crippen molar-refractivity contribution < 1.29 is 4.42 Å². The third-order valence-electron chi connectivity index (χ3n) is 3.53. The number of furan rings is 1. The van der Waals surface area contributed by atoms with E-state index < -0.39 is 0 Å². The largest absolute Gasteiger partial charge is 0.443 e. The molecule has 0 aliphatic rings. The molecule has 0 unspecified atom stereocenters. The number of rotatable bonds is 3. The first-order valence-electron chi connectivity index (χ1n) is 6.64. The van der Waals surface area contributed by atoms with E-state index in [0.29, 0.717) is 11.4 Å². The van der Waals surface area contributed by atoms with Crippen molar-refractivity contribution in [3.8, 4) is 12.0 Å². The summed E-state index contributed by atoms with van der Waals surface area (Å²) in [6.07, 6.45) is 1.63. The van der Waals surface area contributed by atoms with Gasteiger partial charge < -0.3 is 10.2 Å². The molecule has 6 nitrogen and oxygen atoms in total. The number of hydrogen-bond acceptors (Lipinski definition) is 4. The summed E-state index contributed by atoms with van der Waals surface area (Å²) in [7, 11) is 0. The number of hydrogen-bond donors (Lipinski definition) is 2. The summed E-state index contributed by atoms with van der Waals surface area (Å²) in [5, 5.41) is 13.4. The number of aryl methyl sites for hydroxylation is 2. The van der Waals surface area contributed by atoms with Gasteiger partial charge in [0.05, 0.1) is 6.21 Å². The molecule has 2 aromatic rings. The zero-order valence-electron chi connectivity index (χ0n) is 12.9. The van der Waals surface area contributed by atoms with Gasteiger partial charge in [0.25, 0.3) is 0 Å². The zero-order chi connectivity index (χ0) is 16.4. The molecule has 0 saturated heterocycles. The first kappa shape index (κ1) is 15.8. The number of nitrogens with one attached hydrogen (secondary N) is 1. The van der Waals surface area contributed by atoms with E-state index in [4.69, 9.17) is 22.4 Å². The average molecular weight is 315 g/mol. The first-order valence-corrected chi connectivity index (χ1v) is 7.05. The van der Waals surface area contributed by atoms with Crippen LogP contribution in [0.2, 0.25) is 0 Å². The molecular weight excluding hydrogens is 298 g/mol. The Morgan fingerprint density at radius 1 is 1.45 bits per heavy atom. The second-order valence-electron chi connectivity index (χ2n) is 4.97. The minimum Gasteiger partial charge on any atom is -0.443 e. The molecule has 0 atom stereocenters. The van der Waals surface area contributed by atoms with E-state index in [9.17, 15) is 5.26 Å². The van der Waals surface area contributed by atoms with E-state index in [-0.39, 0.29) is 5.11 Å².